The number of benzene rings is 1. The van der Waals surface area contributed by atoms with Crippen molar-refractivity contribution in [2.45, 2.75) is 38.6 Å². The number of methoxy groups -OCH3 is 1. The maximum Gasteiger partial charge on any atom is 0.534 e. The summed E-state index contributed by atoms with van der Waals surface area (Å²) in [6.45, 7) is 3.60. The zero-order valence-electron chi connectivity index (χ0n) is 14.3. The van der Waals surface area contributed by atoms with Crippen LogP contribution in [0.3, 0.4) is 0 Å². The van der Waals surface area contributed by atoms with Crippen LogP contribution in [-0.2, 0) is 20.7 Å². The van der Waals surface area contributed by atoms with Crippen LogP contribution in [0.5, 0.6) is 5.75 Å². The van der Waals surface area contributed by atoms with Crippen LogP contribution in [-0.4, -0.2) is 21.0 Å². The van der Waals surface area contributed by atoms with Gasteiger partial charge in [0.25, 0.3) is 0 Å². The van der Waals surface area contributed by atoms with E-state index in [0.29, 0.717) is 18.6 Å². The van der Waals surface area contributed by atoms with Crippen LogP contribution in [0.25, 0.3) is 0 Å². The van der Waals surface area contributed by atoms with Gasteiger partial charge in [0.2, 0.25) is 0 Å². The van der Waals surface area contributed by atoms with E-state index in [-0.39, 0.29) is 11.7 Å². The number of halogens is 3. The lowest BCUT2D eigenvalue weighted by molar-refractivity contribution is -0.0540. The summed E-state index contributed by atoms with van der Waals surface area (Å²) in [5, 5.41) is 0. The van der Waals surface area contributed by atoms with Crippen LogP contribution >= 0.6 is 0 Å². The molecule has 2 rings (SSSR count). The van der Waals surface area contributed by atoms with Gasteiger partial charge in [-0.05, 0) is 42.9 Å². The molecular formula is C17H21F3O4S. The SMILES string of the molecule is COc1ccccc1C[C@@]1(C)C(OS(=O)(=O)C(F)(F)F)=CCC[C@@H]1C. The molecule has 140 valence electrons. The fourth-order valence-electron chi connectivity index (χ4n) is 3.06. The maximum atomic E-state index is 12.7. The van der Waals surface area contributed by atoms with E-state index in [1.807, 2.05) is 6.92 Å². The topological polar surface area (TPSA) is 52.6 Å². The summed E-state index contributed by atoms with van der Waals surface area (Å²) >= 11 is 0. The molecule has 0 bridgehead atoms. The van der Waals surface area contributed by atoms with Crippen molar-refractivity contribution >= 4 is 10.1 Å². The molecule has 1 aliphatic rings. The Morgan fingerprint density at radius 3 is 2.52 bits per heavy atom. The number of hydrogen-bond donors (Lipinski definition) is 0. The van der Waals surface area contributed by atoms with E-state index in [9.17, 15) is 21.6 Å². The number of hydrogen-bond acceptors (Lipinski definition) is 4. The zero-order valence-corrected chi connectivity index (χ0v) is 15.1. The Labute approximate surface area is 145 Å². The monoisotopic (exact) mass is 378 g/mol. The van der Waals surface area contributed by atoms with E-state index in [0.717, 1.165) is 12.0 Å². The summed E-state index contributed by atoms with van der Waals surface area (Å²) in [5.74, 6) is 0.370. The molecule has 0 saturated heterocycles. The van der Waals surface area contributed by atoms with E-state index in [1.54, 1.807) is 31.2 Å². The molecule has 0 amide bonds. The van der Waals surface area contributed by atoms with Gasteiger partial charge in [-0.3, -0.25) is 0 Å². The second-order valence-electron chi connectivity index (χ2n) is 6.44. The molecule has 0 spiro atoms. The first-order valence-electron chi connectivity index (χ1n) is 7.84. The molecule has 0 fully saturated rings. The lowest BCUT2D eigenvalue weighted by Gasteiger charge is -2.40. The molecule has 25 heavy (non-hydrogen) atoms. The number of allylic oxidation sites excluding steroid dienone is 2. The molecule has 0 aliphatic heterocycles. The highest BCUT2D eigenvalue weighted by Gasteiger charge is 2.51. The molecule has 0 radical (unpaired) electrons. The fourth-order valence-corrected chi connectivity index (χ4v) is 3.65. The van der Waals surface area contributed by atoms with E-state index in [1.165, 1.54) is 13.2 Å². The molecule has 0 unspecified atom stereocenters. The van der Waals surface area contributed by atoms with Crippen LogP contribution < -0.4 is 4.74 Å². The predicted octanol–water partition coefficient (Wildman–Crippen LogP) is 4.42. The van der Waals surface area contributed by atoms with Gasteiger partial charge in [-0.15, -0.1) is 0 Å². The minimum atomic E-state index is -5.70. The number of rotatable bonds is 5. The number of alkyl halides is 3. The van der Waals surface area contributed by atoms with E-state index in [2.05, 4.69) is 4.18 Å². The van der Waals surface area contributed by atoms with Crippen molar-refractivity contribution in [1.29, 1.82) is 0 Å². The van der Waals surface area contributed by atoms with Gasteiger partial charge in [-0.25, -0.2) is 0 Å². The minimum absolute atomic E-state index is 0.0687. The summed E-state index contributed by atoms with van der Waals surface area (Å²) in [6, 6.07) is 7.14. The van der Waals surface area contributed by atoms with Gasteiger partial charge in [0.05, 0.1) is 7.11 Å². The van der Waals surface area contributed by atoms with Gasteiger partial charge in [0.15, 0.2) is 0 Å². The molecule has 1 aliphatic carbocycles. The van der Waals surface area contributed by atoms with Crippen LogP contribution in [0, 0.1) is 11.3 Å². The first-order valence-corrected chi connectivity index (χ1v) is 9.25. The van der Waals surface area contributed by atoms with Crippen molar-refractivity contribution in [2.75, 3.05) is 7.11 Å². The largest absolute Gasteiger partial charge is 0.534 e. The molecule has 0 heterocycles. The lowest BCUT2D eigenvalue weighted by atomic mass is 9.67. The summed E-state index contributed by atoms with van der Waals surface area (Å²) in [6.07, 6.45) is 2.94. The first-order chi connectivity index (χ1) is 11.5. The molecule has 0 saturated carbocycles. The summed E-state index contributed by atoms with van der Waals surface area (Å²) in [5.41, 5.74) is -5.58. The normalized spacial score (nSPS) is 24.6. The molecule has 4 nitrogen and oxygen atoms in total. The van der Waals surface area contributed by atoms with Crippen molar-refractivity contribution in [3.05, 3.63) is 41.7 Å². The highest BCUT2D eigenvalue weighted by molar-refractivity contribution is 7.87. The highest BCUT2D eigenvalue weighted by Crippen LogP contribution is 2.47. The molecule has 0 N–H and O–H groups in total. The molecule has 1 aromatic carbocycles. The third kappa shape index (κ3) is 3.94. The number of ether oxygens (including phenoxy) is 1. The Balaban J connectivity index is 2.40. The Morgan fingerprint density at radius 2 is 1.92 bits per heavy atom. The van der Waals surface area contributed by atoms with E-state index < -0.39 is 21.0 Å². The van der Waals surface area contributed by atoms with Crippen LogP contribution in [0.15, 0.2) is 36.1 Å². The Hall–Kier alpha value is -1.70. The van der Waals surface area contributed by atoms with Gasteiger partial charge < -0.3 is 8.92 Å². The average Bonchev–Trinajstić information content (AvgIpc) is 2.51. The second kappa shape index (κ2) is 6.90. The highest BCUT2D eigenvalue weighted by atomic mass is 32.2. The van der Waals surface area contributed by atoms with Crippen LogP contribution in [0.1, 0.15) is 32.3 Å². The predicted molar refractivity (Wildman–Crippen MR) is 87.3 cm³/mol. The van der Waals surface area contributed by atoms with Crippen molar-refractivity contribution < 1.29 is 30.5 Å². The summed E-state index contributed by atoms with van der Waals surface area (Å²) in [4.78, 5) is 0. The van der Waals surface area contributed by atoms with Gasteiger partial charge in [0, 0.05) is 5.41 Å². The second-order valence-corrected chi connectivity index (χ2v) is 7.97. The zero-order chi connectivity index (χ0) is 18.9. The van der Waals surface area contributed by atoms with Crippen molar-refractivity contribution in [2.24, 2.45) is 11.3 Å². The quantitative estimate of drug-likeness (QED) is 0.562. The average molecular weight is 378 g/mol. The molecule has 2 atom stereocenters. The number of para-hydroxylation sites is 1. The Kier molecular flexibility index (Phi) is 5.41. The summed E-state index contributed by atoms with van der Waals surface area (Å²) < 4.78 is 71.0. The Bertz CT molecular complexity index is 755. The minimum Gasteiger partial charge on any atom is -0.496 e. The fraction of sp³-hybridized carbons (Fsp3) is 0.529. The van der Waals surface area contributed by atoms with E-state index >= 15 is 0 Å². The smallest absolute Gasteiger partial charge is 0.496 e. The van der Waals surface area contributed by atoms with Gasteiger partial charge in [0.1, 0.15) is 11.5 Å². The van der Waals surface area contributed by atoms with Crippen molar-refractivity contribution in [1.82, 2.24) is 0 Å². The van der Waals surface area contributed by atoms with E-state index in [4.69, 9.17) is 4.74 Å². The maximum absolute atomic E-state index is 12.7. The Morgan fingerprint density at radius 1 is 1.28 bits per heavy atom. The standard InChI is InChI=1S/C17H21F3O4S/c1-12-7-6-10-15(24-25(21,22)17(18,19)20)16(12,2)11-13-8-4-5-9-14(13)23-3/h4-5,8-10,12H,6-7,11H2,1-3H3/t12-,16+/m0/s1. The van der Waals surface area contributed by atoms with Crippen molar-refractivity contribution in [3.63, 3.8) is 0 Å². The first kappa shape index (κ1) is 19.6. The molecular weight excluding hydrogens is 357 g/mol. The molecule has 0 aromatic heterocycles. The molecule has 8 heteroatoms. The molecule has 1 aromatic rings. The van der Waals surface area contributed by atoms with Crippen LogP contribution in [0.4, 0.5) is 13.2 Å². The third-order valence-electron chi connectivity index (χ3n) is 4.81. The summed E-state index contributed by atoms with van der Waals surface area (Å²) in [7, 11) is -4.19. The van der Waals surface area contributed by atoms with Crippen LogP contribution in [0.2, 0.25) is 0 Å². The van der Waals surface area contributed by atoms with Gasteiger partial charge >= 0.3 is 15.6 Å². The third-order valence-corrected chi connectivity index (χ3v) is 5.78. The van der Waals surface area contributed by atoms with Gasteiger partial charge in [-0.2, -0.15) is 21.6 Å². The lowest BCUT2D eigenvalue weighted by Crippen LogP contribution is -2.37. The van der Waals surface area contributed by atoms with Gasteiger partial charge in [-0.1, -0.05) is 32.0 Å². The van der Waals surface area contributed by atoms with Crippen molar-refractivity contribution in [3.8, 4) is 5.75 Å².